The zero-order valence-electron chi connectivity index (χ0n) is 15.6. The minimum atomic E-state index is -0.118. The van der Waals surface area contributed by atoms with Gasteiger partial charge in [0.1, 0.15) is 0 Å². The van der Waals surface area contributed by atoms with E-state index in [9.17, 15) is 4.79 Å². The molecule has 0 bridgehead atoms. The number of carbonyl (C=O) groups is 1. The summed E-state index contributed by atoms with van der Waals surface area (Å²) in [7, 11) is 0. The highest BCUT2D eigenvalue weighted by atomic mass is 32.1. The highest BCUT2D eigenvalue weighted by Crippen LogP contribution is 2.22. The van der Waals surface area contributed by atoms with Gasteiger partial charge in [-0.25, -0.2) is 0 Å². The van der Waals surface area contributed by atoms with Crippen molar-refractivity contribution < 1.29 is 4.79 Å². The van der Waals surface area contributed by atoms with Crippen LogP contribution in [0.1, 0.15) is 17.3 Å². The van der Waals surface area contributed by atoms with E-state index in [1.165, 1.54) is 5.00 Å². The Bertz CT molecular complexity index is 726. The normalized spacial score (nSPS) is 14.9. The molecule has 0 aliphatic carbocycles. The first-order chi connectivity index (χ1) is 13.3. The fraction of sp³-hybridized carbons (Fsp3) is 0.421. The van der Waals surface area contributed by atoms with Crippen molar-refractivity contribution in [2.75, 3.05) is 50.7 Å². The maximum atomic E-state index is 12.0. The number of nitrogens with zero attached hydrogens (tertiary/aromatic N) is 4. The summed E-state index contributed by atoms with van der Waals surface area (Å²) in [5.41, 5.74) is 0.568. The molecule has 2 N–H and O–H groups in total. The lowest BCUT2D eigenvalue weighted by atomic mass is 10.3. The van der Waals surface area contributed by atoms with Crippen molar-refractivity contribution in [2.45, 2.75) is 6.92 Å². The van der Waals surface area contributed by atoms with E-state index < -0.39 is 0 Å². The minimum Gasteiger partial charge on any atom is -0.360 e. The second-order valence-electron chi connectivity index (χ2n) is 6.16. The molecule has 144 valence electrons. The quantitative estimate of drug-likeness (QED) is 0.449. The van der Waals surface area contributed by atoms with Crippen molar-refractivity contribution in [3.05, 3.63) is 47.6 Å². The van der Waals surface area contributed by atoms with Crippen LogP contribution in [0, 0.1) is 0 Å². The number of pyridine rings is 1. The maximum Gasteiger partial charge on any atom is 0.252 e. The van der Waals surface area contributed by atoms with E-state index in [0.717, 1.165) is 38.7 Å². The largest absolute Gasteiger partial charge is 0.360 e. The van der Waals surface area contributed by atoms with Crippen LogP contribution in [0.3, 0.4) is 0 Å². The molecule has 2 aromatic heterocycles. The molecule has 1 saturated heterocycles. The zero-order chi connectivity index (χ0) is 18.9. The third-order valence-corrected chi connectivity index (χ3v) is 5.24. The molecule has 0 unspecified atom stereocenters. The fourth-order valence-electron chi connectivity index (χ4n) is 2.94. The Morgan fingerprint density at radius 1 is 1.22 bits per heavy atom. The summed E-state index contributed by atoms with van der Waals surface area (Å²) < 4.78 is 0. The van der Waals surface area contributed by atoms with Gasteiger partial charge in [-0.15, -0.1) is 11.3 Å². The lowest BCUT2D eigenvalue weighted by molar-refractivity contribution is 0.0954. The Morgan fingerprint density at radius 2 is 2.07 bits per heavy atom. The first-order valence-corrected chi connectivity index (χ1v) is 10.2. The van der Waals surface area contributed by atoms with Gasteiger partial charge in [-0.2, -0.15) is 0 Å². The van der Waals surface area contributed by atoms with E-state index >= 15 is 0 Å². The molecule has 0 atom stereocenters. The summed E-state index contributed by atoms with van der Waals surface area (Å²) in [6.07, 6.45) is 3.22. The molecule has 3 heterocycles. The first kappa shape index (κ1) is 19.2. The van der Waals surface area contributed by atoms with Crippen LogP contribution in [-0.4, -0.2) is 67.6 Å². The van der Waals surface area contributed by atoms with Gasteiger partial charge in [-0.3, -0.25) is 14.8 Å². The smallest absolute Gasteiger partial charge is 0.252 e. The number of piperazine rings is 1. The van der Waals surface area contributed by atoms with E-state index in [2.05, 4.69) is 54.8 Å². The molecule has 27 heavy (non-hydrogen) atoms. The van der Waals surface area contributed by atoms with E-state index in [1.54, 1.807) is 35.9 Å². The third kappa shape index (κ3) is 5.43. The van der Waals surface area contributed by atoms with E-state index in [1.807, 2.05) is 0 Å². The van der Waals surface area contributed by atoms with Crippen molar-refractivity contribution in [1.29, 1.82) is 0 Å². The topological polar surface area (TPSA) is 72.9 Å². The zero-order valence-corrected chi connectivity index (χ0v) is 16.4. The van der Waals surface area contributed by atoms with Crippen molar-refractivity contribution in [1.82, 2.24) is 20.5 Å². The SMILES string of the molecule is CCNC(=NCCNC(=O)c1cccnc1)N1CCN(c2cccs2)CC1. The second-order valence-corrected chi connectivity index (χ2v) is 7.08. The monoisotopic (exact) mass is 386 g/mol. The molecule has 1 aliphatic heterocycles. The number of hydrogen-bond acceptors (Lipinski definition) is 5. The number of nitrogens with one attached hydrogen (secondary N) is 2. The molecule has 1 aliphatic rings. The van der Waals surface area contributed by atoms with Crippen LogP contribution >= 0.6 is 11.3 Å². The highest BCUT2D eigenvalue weighted by Gasteiger charge is 2.20. The standard InChI is InChI=1S/C19H26N6OS/c1-2-21-19(23-9-8-22-18(26)16-5-3-7-20-15-16)25-12-10-24(11-13-25)17-6-4-14-27-17/h3-7,14-15H,2,8-13H2,1H3,(H,21,23)(H,22,26). The molecule has 0 aromatic carbocycles. The van der Waals surface area contributed by atoms with Crippen molar-refractivity contribution >= 4 is 28.2 Å². The molecule has 2 aromatic rings. The number of anilines is 1. The van der Waals surface area contributed by atoms with Crippen LogP contribution in [0.2, 0.25) is 0 Å². The summed E-state index contributed by atoms with van der Waals surface area (Å²) in [4.78, 5) is 25.4. The van der Waals surface area contributed by atoms with Gasteiger partial charge in [-0.05, 0) is 36.6 Å². The number of amides is 1. The van der Waals surface area contributed by atoms with E-state index in [4.69, 9.17) is 0 Å². The molecule has 0 spiro atoms. The molecule has 0 radical (unpaired) electrons. The average Bonchev–Trinajstić information content (AvgIpc) is 3.26. The van der Waals surface area contributed by atoms with Gasteiger partial charge in [-0.1, -0.05) is 0 Å². The molecule has 1 amide bonds. The van der Waals surface area contributed by atoms with Crippen LogP contribution in [-0.2, 0) is 0 Å². The molecule has 3 rings (SSSR count). The van der Waals surface area contributed by atoms with Gasteiger partial charge in [0.2, 0.25) is 0 Å². The van der Waals surface area contributed by atoms with Gasteiger partial charge in [0.05, 0.1) is 17.1 Å². The van der Waals surface area contributed by atoms with Crippen molar-refractivity contribution in [3.8, 4) is 0 Å². The number of guanidine groups is 1. The number of rotatable bonds is 6. The highest BCUT2D eigenvalue weighted by molar-refractivity contribution is 7.14. The number of carbonyl (C=O) groups excluding carboxylic acids is 1. The molecular formula is C19H26N6OS. The van der Waals surface area contributed by atoms with Crippen LogP contribution in [0.15, 0.2) is 47.0 Å². The summed E-state index contributed by atoms with van der Waals surface area (Å²) in [5.74, 6) is 0.798. The Labute approximate surface area is 164 Å². The van der Waals surface area contributed by atoms with Gasteiger partial charge >= 0.3 is 0 Å². The number of aliphatic imine (C=N–C) groups is 1. The summed E-state index contributed by atoms with van der Waals surface area (Å²) >= 11 is 1.78. The van der Waals surface area contributed by atoms with E-state index in [0.29, 0.717) is 18.7 Å². The molecular weight excluding hydrogens is 360 g/mol. The number of hydrogen-bond donors (Lipinski definition) is 2. The van der Waals surface area contributed by atoms with Crippen LogP contribution in [0.25, 0.3) is 0 Å². The van der Waals surface area contributed by atoms with Crippen molar-refractivity contribution in [2.24, 2.45) is 4.99 Å². The predicted molar refractivity (Wildman–Crippen MR) is 111 cm³/mol. The molecule has 8 heteroatoms. The van der Waals surface area contributed by atoms with Crippen LogP contribution in [0.5, 0.6) is 0 Å². The number of aromatic nitrogens is 1. The van der Waals surface area contributed by atoms with Crippen LogP contribution in [0.4, 0.5) is 5.00 Å². The maximum absolute atomic E-state index is 12.0. The summed E-state index contributed by atoms with van der Waals surface area (Å²) in [5, 5.41) is 9.69. The van der Waals surface area contributed by atoms with Crippen LogP contribution < -0.4 is 15.5 Å². The average molecular weight is 387 g/mol. The fourth-order valence-corrected chi connectivity index (χ4v) is 3.73. The Morgan fingerprint density at radius 3 is 2.74 bits per heavy atom. The lowest BCUT2D eigenvalue weighted by Gasteiger charge is -2.37. The number of thiophene rings is 1. The summed E-state index contributed by atoms with van der Waals surface area (Å²) in [6.45, 7) is 7.79. The van der Waals surface area contributed by atoms with E-state index in [-0.39, 0.29) is 5.91 Å². The minimum absolute atomic E-state index is 0.118. The second kappa shape index (κ2) is 9.91. The lowest BCUT2D eigenvalue weighted by Crippen LogP contribution is -2.52. The van der Waals surface area contributed by atoms with Crippen molar-refractivity contribution in [3.63, 3.8) is 0 Å². The molecule has 1 fully saturated rings. The summed E-state index contributed by atoms with van der Waals surface area (Å²) in [6, 6.07) is 7.77. The van der Waals surface area contributed by atoms with Gasteiger partial charge < -0.3 is 20.4 Å². The third-order valence-electron chi connectivity index (χ3n) is 4.31. The Kier molecular flexibility index (Phi) is 7.04. The predicted octanol–water partition coefficient (Wildman–Crippen LogP) is 1.66. The Hall–Kier alpha value is -2.61. The Balaban J connectivity index is 1.47. The molecule has 0 saturated carbocycles. The first-order valence-electron chi connectivity index (χ1n) is 9.28. The van der Waals surface area contributed by atoms with Gasteiger partial charge in [0.25, 0.3) is 5.91 Å². The van der Waals surface area contributed by atoms with Gasteiger partial charge in [0, 0.05) is 51.7 Å². The van der Waals surface area contributed by atoms with Gasteiger partial charge in [0.15, 0.2) is 5.96 Å². The molecule has 7 nitrogen and oxygen atoms in total.